The van der Waals surface area contributed by atoms with E-state index in [2.05, 4.69) is 0 Å². The smallest absolute Gasteiger partial charge is 0.331 e. The Balaban J connectivity index is 2.18. The molecule has 0 aliphatic rings. The van der Waals surface area contributed by atoms with Crippen molar-refractivity contribution < 1.29 is 18.5 Å². The van der Waals surface area contributed by atoms with E-state index in [9.17, 15) is 9.59 Å². The maximum absolute atomic E-state index is 11.3. The highest BCUT2D eigenvalue weighted by Gasteiger charge is 2.03. The average Bonchev–Trinajstić information content (AvgIpc) is 2.43. The molecule has 102 valence electrons. The van der Waals surface area contributed by atoms with Gasteiger partial charge in [0.25, 0.3) is 0 Å². The number of esters is 1. The molecule has 1 aromatic rings. The van der Waals surface area contributed by atoms with Crippen molar-refractivity contribution in [3.63, 3.8) is 0 Å². The van der Waals surface area contributed by atoms with Crippen molar-refractivity contribution in [2.75, 3.05) is 5.94 Å². The van der Waals surface area contributed by atoms with Crippen LogP contribution >= 0.6 is 12.0 Å². The molecule has 0 unspecified atom stereocenters. The van der Waals surface area contributed by atoms with Gasteiger partial charge in [-0.1, -0.05) is 37.3 Å². The number of hydrogen-bond acceptors (Lipinski definition) is 5. The second-order valence-corrected chi connectivity index (χ2v) is 4.29. The fourth-order valence-electron chi connectivity index (χ4n) is 1.19. The first kappa shape index (κ1) is 15.3. The summed E-state index contributed by atoms with van der Waals surface area (Å²) in [6, 6.07) is 9.43. The number of hydrogen-bond donors (Lipinski definition) is 0. The monoisotopic (exact) mass is 280 g/mol. The number of ether oxygens (including phenoxy) is 1. The molecule has 0 saturated heterocycles. The van der Waals surface area contributed by atoms with Gasteiger partial charge in [-0.05, 0) is 18.1 Å². The quantitative estimate of drug-likeness (QED) is 0.252. The molecule has 0 bridgehead atoms. The van der Waals surface area contributed by atoms with Gasteiger partial charge in [0, 0.05) is 12.5 Å². The molecule has 1 aromatic carbocycles. The van der Waals surface area contributed by atoms with E-state index in [1.807, 2.05) is 37.3 Å². The van der Waals surface area contributed by atoms with Crippen molar-refractivity contribution in [2.24, 2.45) is 0 Å². The molecule has 0 amide bonds. The van der Waals surface area contributed by atoms with Crippen molar-refractivity contribution in [3.8, 4) is 0 Å². The molecular weight excluding hydrogens is 264 g/mol. The summed E-state index contributed by atoms with van der Waals surface area (Å²) in [4.78, 5) is 22.3. The van der Waals surface area contributed by atoms with E-state index < -0.39 is 5.97 Å². The fraction of sp³-hybridized carbons (Fsp3) is 0.286. The van der Waals surface area contributed by atoms with Crippen molar-refractivity contribution in [2.45, 2.75) is 19.8 Å². The average molecular weight is 280 g/mol. The third kappa shape index (κ3) is 7.31. The lowest BCUT2D eigenvalue weighted by Gasteiger charge is -2.01. The number of carbonyl (C=O) groups is 2. The first-order valence-corrected chi connectivity index (χ1v) is 6.85. The molecule has 0 N–H and O–H groups in total. The van der Waals surface area contributed by atoms with Crippen molar-refractivity contribution >= 4 is 30.1 Å². The van der Waals surface area contributed by atoms with Crippen LogP contribution in [0.2, 0.25) is 0 Å². The van der Waals surface area contributed by atoms with E-state index in [4.69, 9.17) is 8.92 Å². The lowest BCUT2D eigenvalue weighted by molar-refractivity contribution is -0.137. The molecule has 4 nitrogen and oxygen atoms in total. The molecule has 0 aromatic heterocycles. The van der Waals surface area contributed by atoms with E-state index in [0.717, 1.165) is 24.0 Å². The van der Waals surface area contributed by atoms with Gasteiger partial charge in [0.15, 0.2) is 5.94 Å². The van der Waals surface area contributed by atoms with E-state index in [1.54, 1.807) is 6.08 Å². The molecule has 0 atom stereocenters. The molecule has 1 rings (SSSR count). The molecule has 0 radical (unpaired) electrons. The zero-order valence-electron chi connectivity index (χ0n) is 10.7. The maximum atomic E-state index is 11.3. The van der Waals surface area contributed by atoms with Crippen LogP contribution in [0.15, 0.2) is 36.4 Å². The van der Waals surface area contributed by atoms with Gasteiger partial charge in [0.05, 0.1) is 0 Å². The van der Waals surface area contributed by atoms with Gasteiger partial charge < -0.3 is 8.92 Å². The summed E-state index contributed by atoms with van der Waals surface area (Å²) in [7, 11) is 0. The largest absolute Gasteiger partial charge is 0.448 e. The minimum absolute atomic E-state index is 0.00653. The maximum Gasteiger partial charge on any atom is 0.331 e. The van der Waals surface area contributed by atoms with Gasteiger partial charge in [0.1, 0.15) is 12.0 Å². The van der Waals surface area contributed by atoms with Crippen molar-refractivity contribution in [3.05, 3.63) is 42.0 Å². The minimum Gasteiger partial charge on any atom is -0.448 e. The molecular formula is C14H16O4S. The summed E-state index contributed by atoms with van der Waals surface area (Å²) in [5.41, 5.74) is 0.918. The Morgan fingerprint density at radius 2 is 2.00 bits per heavy atom. The molecule has 0 spiro atoms. The Morgan fingerprint density at radius 3 is 2.68 bits per heavy atom. The van der Waals surface area contributed by atoms with E-state index in [-0.39, 0.29) is 11.9 Å². The zero-order chi connectivity index (χ0) is 13.9. The van der Waals surface area contributed by atoms with Crippen LogP contribution in [0.1, 0.15) is 25.3 Å². The van der Waals surface area contributed by atoms with Crippen LogP contribution in [0.4, 0.5) is 0 Å². The predicted molar refractivity (Wildman–Crippen MR) is 75.0 cm³/mol. The third-order valence-corrected chi connectivity index (χ3v) is 2.58. The fourth-order valence-corrected chi connectivity index (χ4v) is 1.62. The Labute approximate surface area is 117 Å². The van der Waals surface area contributed by atoms with Crippen LogP contribution in [-0.2, 0) is 18.5 Å². The van der Waals surface area contributed by atoms with Crippen LogP contribution < -0.4 is 0 Å². The first-order valence-electron chi connectivity index (χ1n) is 5.94. The number of rotatable bonds is 7. The molecule has 0 saturated carbocycles. The molecule has 5 heteroatoms. The molecule has 0 aliphatic heterocycles. The zero-order valence-corrected chi connectivity index (χ0v) is 11.5. The van der Waals surface area contributed by atoms with Gasteiger partial charge in [-0.2, -0.15) is 0 Å². The lowest BCUT2D eigenvalue weighted by atomic mass is 10.2. The van der Waals surface area contributed by atoms with Crippen molar-refractivity contribution in [1.29, 1.82) is 0 Å². The van der Waals surface area contributed by atoms with Crippen LogP contribution in [-0.4, -0.2) is 17.9 Å². The Kier molecular flexibility index (Phi) is 7.43. The summed E-state index contributed by atoms with van der Waals surface area (Å²) in [5.74, 6) is -0.779. The topological polar surface area (TPSA) is 52.6 Å². The van der Waals surface area contributed by atoms with Crippen LogP contribution in [0.3, 0.4) is 0 Å². The van der Waals surface area contributed by atoms with Crippen molar-refractivity contribution in [1.82, 2.24) is 0 Å². The van der Waals surface area contributed by atoms with Gasteiger partial charge in [0.2, 0.25) is 0 Å². The molecule has 19 heavy (non-hydrogen) atoms. The summed E-state index contributed by atoms with van der Waals surface area (Å²) in [6.07, 6.45) is 4.10. The Hall–Kier alpha value is -1.75. The van der Waals surface area contributed by atoms with Crippen LogP contribution in [0.25, 0.3) is 6.08 Å². The van der Waals surface area contributed by atoms with Gasteiger partial charge in [-0.3, -0.25) is 4.79 Å². The SMILES string of the molecule is CCCC(=O)OSCOC(=O)C=Cc1ccccc1. The number of benzene rings is 1. The summed E-state index contributed by atoms with van der Waals surface area (Å²) in [5, 5.41) is 0. The number of carbonyl (C=O) groups excluding carboxylic acids is 2. The molecule has 0 aliphatic carbocycles. The Bertz CT molecular complexity index is 428. The minimum atomic E-state index is -0.470. The predicted octanol–water partition coefficient (Wildman–Crippen LogP) is 3.19. The first-order chi connectivity index (χ1) is 9.22. The van der Waals surface area contributed by atoms with Crippen LogP contribution in [0.5, 0.6) is 0 Å². The normalized spacial score (nSPS) is 10.4. The Morgan fingerprint density at radius 1 is 1.26 bits per heavy atom. The highest BCUT2D eigenvalue weighted by molar-refractivity contribution is 7.94. The summed E-state index contributed by atoms with van der Waals surface area (Å²) >= 11 is 0.825. The lowest BCUT2D eigenvalue weighted by Crippen LogP contribution is -2.03. The summed E-state index contributed by atoms with van der Waals surface area (Å²) in [6.45, 7) is 1.89. The molecule has 0 heterocycles. The second-order valence-electron chi connectivity index (χ2n) is 3.65. The van der Waals surface area contributed by atoms with E-state index in [0.29, 0.717) is 6.42 Å². The van der Waals surface area contributed by atoms with Gasteiger partial charge in [-0.25, -0.2) is 4.79 Å². The van der Waals surface area contributed by atoms with E-state index in [1.165, 1.54) is 6.08 Å². The third-order valence-electron chi connectivity index (χ3n) is 2.07. The van der Waals surface area contributed by atoms with Gasteiger partial charge in [-0.15, -0.1) is 0 Å². The standard InChI is InChI=1S/C14H16O4S/c1-2-6-14(16)18-19-11-17-13(15)10-9-12-7-4-3-5-8-12/h3-5,7-10H,2,6,11H2,1H3. The highest BCUT2D eigenvalue weighted by atomic mass is 32.2. The second kappa shape index (κ2) is 9.22. The summed E-state index contributed by atoms with van der Waals surface area (Å²) < 4.78 is 9.62. The van der Waals surface area contributed by atoms with Gasteiger partial charge >= 0.3 is 11.9 Å². The van der Waals surface area contributed by atoms with Crippen LogP contribution in [0, 0.1) is 0 Å². The highest BCUT2D eigenvalue weighted by Crippen LogP contribution is 2.07. The van der Waals surface area contributed by atoms with E-state index >= 15 is 0 Å². The molecule has 0 fully saturated rings.